The summed E-state index contributed by atoms with van der Waals surface area (Å²) in [5, 5.41) is 2.58. The molecule has 0 fully saturated rings. The minimum Gasteiger partial charge on any atom is -0.348 e. The summed E-state index contributed by atoms with van der Waals surface area (Å²) in [4.78, 5) is 11.5. The molecule has 0 radical (unpaired) electrons. The van der Waals surface area contributed by atoms with E-state index < -0.39 is 11.7 Å². The van der Waals surface area contributed by atoms with E-state index >= 15 is 0 Å². The average Bonchev–Trinajstić information content (AvgIpc) is 2.17. The molecule has 1 amide bonds. The van der Waals surface area contributed by atoms with E-state index in [1.807, 2.05) is 0 Å². The molecule has 1 unspecified atom stereocenters. The standard InChI is InChI=1S/C10H10BrClFNO/c1-6(5-12)14-10(15)8-3-2-7(11)4-9(8)13/h2-4,6H,5H2,1H3,(H,14,15). The Hall–Kier alpha value is -0.610. The quantitative estimate of drug-likeness (QED) is 0.853. The van der Waals surface area contributed by atoms with Crippen LogP contribution in [0.15, 0.2) is 22.7 Å². The van der Waals surface area contributed by atoms with Gasteiger partial charge in [-0.2, -0.15) is 0 Å². The van der Waals surface area contributed by atoms with Crippen LogP contribution >= 0.6 is 27.5 Å². The zero-order valence-corrected chi connectivity index (χ0v) is 10.4. The summed E-state index contributed by atoms with van der Waals surface area (Å²) in [6.07, 6.45) is 0. The molecule has 0 bridgehead atoms. The first-order valence-corrected chi connectivity index (χ1v) is 5.69. The third kappa shape index (κ3) is 3.47. The van der Waals surface area contributed by atoms with E-state index in [1.54, 1.807) is 13.0 Å². The van der Waals surface area contributed by atoms with Crippen molar-refractivity contribution in [1.82, 2.24) is 5.32 Å². The molecule has 0 aromatic heterocycles. The normalized spacial score (nSPS) is 12.3. The summed E-state index contributed by atoms with van der Waals surface area (Å²) >= 11 is 8.65. The number of benzene rings is 1. The molecule has 0 aliphatic carbocycles. The maximum atomic E-state index is 13.3. The molecule has 0 saturated carbocycles. The minimum atomic E-state index is -0.552. The molecular weight excluding hydrogens is 284 g/mol. The molecule has 0 aliphatic heterocycles. The molecule has 1 rings (SSSR count). The van der Waals surface area contributed by atoms with E-state index in [9.17, 15) is 9.18 Å². The monoisotopic (exact) mass is 293 g/mol. The summed E-state index contributed by atoms with van der Waals surface area (Å²) < 4.78 is 13.9. The van der Waals surface area contributed by atoms with Gasteiger partial charge in [-0.05, 0) is 25.1 Å². The van der Waals surface area contributed by atoms with E-state index in [1.165, 1.54) is 12.1 Å². The molecule has 0 aliphatic rings. The van der Waals surface area contributed by atoms with Crippen LogP contribution in [0.25, 0.3) is 0 Å². The molecule has 5 heteroatoms. The lowest BCUT2D eigenvalue weighted by Crippen LogP contribution is -2.34. The smallest absolute Gasteiger partial charge is 0.254 e. The van der Waals surface area contributed by atoms with Crippen LogP contribution in [0.1, 0.15) is 17.3 Å². The molecule has 1 aromatic carbocycles. The SMILES string of the molecule is CC(CCl)NC(=O)c1ccc(Br)cc1F. The van der Waals surface area contributed by atoms with Crippen molar-refractivity contribution in [2.75, 3.05) is 5.88 Å². The first-order chi connectivity index (χ1) is 7.04. The van der Waals surface area contributed by atoms with Crippen molar-refractivity contribution in [3.8, 4) is 0 Å². The molecule has 1 aromatic rings. The molecule has 15 heavy (non-hydrogen) atoms. The number of nitrogens with one attached hydrogen (secondary N) is 1. The van der Waals surface area contributed by atoms with Crippen molar-refractivity contribution in [2.24, 2.45) is 0 Å². The number of rotatable bonds is 3. The van der Waals surface area contributed by atoms with Gasteiger partial charge in [0.1, 0.15) is 5.82 Å². The third-order valence-corrected chi connectivity index (χ3v) is 2.74. The van der Waals surface area contributed by atoms with Crippen molar-refractivity contribution in [2.45, 2.75) is 13.0 Å². The van der Waals surface area contributed by atoms with Gasteiger partial charge in [-0.25, -0.2) is 4.39 Å². The molecule has 0 heterocycles. The van der Waals surface area contributed by atoms with E-state index in [2.05, 4.69) is 21.2 Å². The summed E-state index contributed by atoms with van der Waals surface area (Å²) in [5.74, 6) is -0.707. The van der Waals surface area contributed by atoms with Gasteiger partial charge in [0, 0.05) is 16.4 Å². The number of hydrogen-bond acceptors (Lipinski definition) is 1. The van der Waals surface area contributed by atoms with Gasteiger partial charge in [0.15, 0.2) is 0 Å². The predicted octanol–water partition coefficient (Wildman–Crippen LogP) is 2.95. The second kappa shape index (κ2) is 5.47. The van der Waals surface area contributed by atoms with Crippen LogP contribution in [0.2, 0.25) is 0 Å². The minimum absolute atomic E-state index is 0.0233. The Balaban J connectivity index is 2.82. The Kier molecular flexibility index (Phi) is 4.54. The van der Waals surface area contributed by atoms with Crippen molar-refractivity contribution in [1.29, 1.82) is 0 Å². The Morgan fingerprint density at radius 2 is 2.33 bits per heavy atom. The van der Waals surface area contributed by atoms with Crippen LogP contribution in [0.3, 0.4) is 0 Å². The summed E-state index contributed by atoms with van der Waals surface area (Å²) in [6, 6.07) is 4.11. The molecule has 0 saturated heterocycles. The van der Waals surface area contributed by atoms with Crippen molar-refractivity contribution >= 4 is 33.4 Å². The van der Waals surface area contributed by atoms with Crippen LogP contribution in [0, 0.1) is 5.82 Å². The van der Waals surface area contributed by atoms with Gasteiger partial charge in [0.05, 0.1) is 5.56 Å². The lowest BCUT2D eigenvalue weighted by molar-refractivity contribution is 0.0939. The topological polar surface area (TPSA) is 29.1 Å². The van der Waals surface area contributed by atoms with Crippen molar-refractivity contribution < 1.29 is 9.18 Å². The second-order valence-corrected chi connectivity index (χ2v) is 4.38. The van der Waals surface area contributed by atoms with Gasteiger partial charge in [-0.1, -0.05) is 15.9 Å². The number of hydrogen-bond donors (Lipinski definition) is 1. The Morgan fingerprint density at radius 3 is 2.87 bits per heavy atom. The lowest BCUT2D eigenvalue weighted by atomic mass is 10.2. The zero-order chi connectivity index (χ0) is 11.4. The van der Waals surface area contributed by atoms with E-state index in [0.29, 0.717) is 10.4 Å². The summed E-state index contributed by atoms with van der Waals surface area (Å²) in [6.45, 7) is 1.75. The first-order valence-electron chi connectivity index (χ1n) is 4.36. The van der Waals surface area contributed by atoms with Crippen LogP contribution in [0.4, 0.5) is 4.39 Å². The van der Waals surface area contributed by atoms with E-state index in [-0.39, 0.29) is 11.6 Å². The second-order valence-electron chi connectivity index (χ2n) is 3.15. The first kappa shape index (κ1) is 12.5. The van der Waals surface area contributed by atoms with Gasteiger partial charge in [0.2, 0.25) is 0 Å². The largest absolute Gasteiger partial charge is 0.348 e. The van der Waals surface area contributed by atoms with Gasteiger partial charge in [0.25, 0.3) is 5.91 Å². The fraction of sp³-hybridized carbons (Fsp3) is 0.300. The Bertz CT molecular complexity index is 372. The zero-order valence-electron chi connectivity index (χ0n) is 8.06. The highest BCUT2D eigenvalue weighted by molar-refractivity contribution is 9.10. The van der Waals surface area contributed by atoms with E-state index in [0.717, 1.165) is 0 Å². The summed E-state index contributed by atoms with van der Waals surface area (Å²) in [7, 11) is 0. The van der Waals surface area contributed by atoms with Crippen molar-refractivity contribution in [3.05, 3.63) is 34.1 Å². The molecule has 82 valence electrons. The predicted molar refractivity (Wildman–Crippen MR) is 61.7 cm³/mol. The Morgan fingerprint density at radius 1 is 1.67 bits per heavy atom. The third-order valence-electron chi connectivity index (χ3n) is 1.78. The number of carbonyl (C=O) groups excluding carboxylic acids is 1. The summed E-state index contributed by atoms with van der Waals surface area (Å²) in [5.41, 5.74) is 0.0233. The fourth-order valence-corrected chi connectivity index (χ4v) is 1.42. The van der Waals surface area contributed by atoms with Crippen LogP contribution in [-0.4, -0.2) is 17.8 Å². The molecule has 0 spiro atoms. The number of halogens is 3. The number of carbonyl (C=O) groups is 1. The molecular formula is C10H10BrClFNO. The van der Waals surface area contributed by atoms with Gasteiger partial charge in [-0.3, -0.25) is 4.79 Å². The van der Waals surface area contributed by atoms with Gasteiger partial charge in [-0.15, -0.1) is 11.6 Å². The Labute approximate surface area is 101 Å². The highest BCUT2D eigenvalue weighted by Crippen LogP contribution is 2.15. The van der Waals surface area contributed by atoms with Crippen LogP contribution in [-0.2, 0) is 0 Å². The highest BCUT2D eigenvalue weighted by Gasteiger charge is 2.13. The van der Waals surface area contributed by atoms with Gasteiger partial charge < -0.3 is 5.32 Å². The fourth-order valence-electron chi connectivity index (χ4n) is 1.01. The maximum absolute atomic E-state index is 13.3. The molecule has 1 atom stereocenters. The number of amides is 1. The highest BCUT2D eigenvalue weighted by atomic mass is 79.9. The van der Waals surface area contributed by atoms with Crippen LogP contribution < -0.4 is 5.32 Å². The van der Waals surface area contributed by atoms with E-state index in [4.69, 9.17) is 11.6 Å². The molecule has 1 N–H and O–H groups in total. The van der Waals surface area contributed by atoms with Crippen LogP contribution in [0.5, 0.6) is 0 Å². The lowest BCUT2D eigenvalue weighted by Gasteiger charge is -2.10. The van der Waals surface area contributed by atoms with Gasteiger partial charge >= 0.3 is 0 Å². The average molecular weight is 295 g/mol. The number of alkyl halides is 1. The molecule has 2 nitrogen and oxygen atoms in total. The maximum Gasteiger partial charge on any atom is 0.254 e. The van der Waals surface area contributed by atoms with Crippen molar-refractivity contribution in [3.63, 3.8) is 0 Å².